The summed E-state index contributed by atoms with van der Waals surface area (Å²) in [7, 11) is 1.49. The number of aromatic nitrogens is 1. The van der Waals surface area contributed by atoms with Gasteiger partial charge >= 0.3 is 0 Å². The molecule has 37 heavy (non-hydrogen) atoms. The zero-order chi connectivity index (χ0) is 25.8. The van der Waals surface area contributed by atoms with E-state index in [1.165, 1.54) is 19.5 Å². The number of pyridine rings is 1. The molecule has 4 aliphatic rings. The van der Waals surface area contributed by atoms with Crippen LogP contribution in [0.25, 0.3) is 0 Å². The molecule has 0 bridgehead atoms. The van der Waals surface area contributed by atoms with Crippen LogP contribution in [0.15, 0.2) is 65.4 Å². The lowest BCUT2D eigenvalue weighted by Crippen LogP contribution is -2.53. The van der Waals surface area contributed by atoms with Crippen LogP contribution < -0.4 is 9.47 Å². The minimum Gasteiger partial charge on any atom is -0.495 e. The first-order valence-electron chi connectivity index (χ1n) is 12.5. The number of fused-ring (bicyclic) bond motifs is 3. The number of ether oxygens (including phenoxy) is 3. The quantitative estimate of drug-likeness (QED) is 0.584. The molecule has 6 atom stereocenters. The van der Waals surface area contributed by atoms with Crippen molar-refractivity contribution in [3.05, 3.63) is 76.6 Å². The van der Waals surface area contributed by atoms with Gasteiger partial charge in [0.2, 0.25) is 5.91 Å². The van der Waals surface area contributed by atoms with E-state index in [2.05, 4.69) is 20.9 Å². The van der Waals surface area contributed by atoms with Crippen molar-refractivity contribution in [1.82, 2.24) is 9.88 Å². The predicted octanol–water partition coefficient (Wildman–Crippen LogP) is 2.93. The van der Waals surface area contributed by atoms with E-state index in [0.29, 0.717) is 55.4 Å². The molecule has 0 spiro atoms. The SMILES string of the molecule is COc1cncc2c1[C@]1(O)[C@H](O)[C@H](C(=O)N3CCOCC3)[C@@H](C3C=CC=CC3)[C@]1(c1ccc(Br)cc1)O2. The Morgan fingerprint density at radius 3 is 2.62 bits per heavy atom. The molecule has 1 saturated carbocycles. The van der Waals surface area contributed by atoms with E-state index in [-0.39, 0.29) is 11.8 Å². The number of rotatable bonds is 4. The van der Waals surface area contributed by atoms with Crippen molar-refractivity contribution < 1.29 is 29.2 Å². The van der Waals surface area contributed by atoms with Crippen LogP contribution in [0, 0.1) is 17.8 Å². The number of nitrogens with zero attached hydrogens (tertiary/aromatic N) is 2. The van der Waals surface area contributed by atoms with Gasteiger partial charge in [0, 0.05) is 23.5 Å². The molecule has 1 saturated heterocycles. The van der Waals surface area contributed by atoms with E-state index in [1.54, 1.807) is 4.90 Å². The first-order chi connectivity index (χ1) is 17.9. The van der Waals surface area contributed by atoms with Crippen LogP contribution in [0.3, 0.4) is 0 Å². The van der Waals surface area contributed by atoms with Crippen molar-refractivity contribution in [2.24, 2.45) is 17.8 Å². The van der Waals surface area contributed by atoms with Gasteiger partial charge < -0.3 is 29.3 Å². The van der Waals surface area contributed by atoms with Crippen molar-refractivity contribution in [3.63, 3.8) is 0 Å². The van der Waals surface area contributed by atoms with Crippen molar-refractivity contribution in [2.75, 3.05) is 33.4 Å². The van der Waals surface area contributed by atoms with Crippen molar-refractivity contribution in [3.8, 4) is 11.5 Å². The molecule has 3 heterocycles. The Morgan fingerprint density at radius 2 is 1.95 bits per heavy atom. The molecular weight excluding hydrogens is 540 g/mol. The topological polar surface area (TPSA) is 101 Å². The smallest absolute Gasteiger partial charge is 0.229 e. The Labute approximate surface area is 223 Å². The maximum absolute atomic E-state index is 14.2. The molecule has 1 amide bonds. The van der Waals surface area contributed by atoms with E-state index >= 15 is 0 Å². The normalized spacial score (nSPS) is 34.1. The Morgan fingerprint density at radius 1 is 1.19 bits per heavy atom. The van der Waals surface area contributed by atoms with Gasteiger partial charge in [-0.1, -0.05) is 52.4 Å². The van der Waals surface area contributed by atoms with E-state index in [0.717, 1.165) is 4.47 Å². The summed E-state index contributed by atoms with van der Waals surface area (Å²) in [6.45, 7) is 1.74. The van der Waals surface area contributed by atoms with Crippen LogP contribution in [-0.4, -0.2) is 65.5 Å². The third-order valence-electron chi connectivity index (χ3n) is 8.30. The minimum absolute atomic E-state index is 0.180. The molecule has 194 valence electrons. The summed E-state index contributed by atoms with van der Waals surface area (Å²) in [5, 5.41) is 25.0. The van der Waals surface area contributed by atoms with Gasteiger partial charge in [-0.25, -0.2) is 0 Å². The first kappa shape index (κ1) is 24.6. The van der Waals surface area contributed by atoms with Gasteiger partial charge in [0.1, 0.15) is 17.6 Å². The third kappa shape index (κ3) is 3.44. The fourth-order valence-electron chi connectivity index (χ4n) is 6.75. The Balaban J connectivity index is 1.61. The van der Waals surface area contributed by atoms with Crippen molar-refractivity contribution >= 4 is 21.8 Å². The zero-order valence-electron chi connectivity index (χ0n) is 20.4. The largest absolute Gasteiger partial charge is 0.495 e. The number of aliphatic hydroxyl groups excluding tert-OH is 1. The molecule has 1 aromatic heterocycles. The van der Waals surface area contributed by atoms with Crippen LogP contribution in [0.1, 0.15) is 17.5 Å². The second-order valence-corrected chi connectivity index (χ2v) is 10.9. The van der Waals surface area contributed by atoms with Crippen molar-refractivity contribution in [1.29, 1.82) is 0 Å². The minimum atomic E-state index is -1.98. The van der Waals surface area contributed by atoms with Crippen LogP contribution in [0.2, 0.25) is 0 Å². The maximum atomic E-state index is 14.2. The summed E-state index contributed by atoms with van der Waals surface area (Å²) >= 11 is 3.50. The van der Waals surface area contributed by atoms with Crippen LogP contribution in [0.4, 0.5) is 0 Å². The van der Waals surface area contributed by atoms with E-state index < -0.39 is 29.1 Å². The fraction of sp³-hybridized carbons (Fsp3) is 0.429. The summed E-state index contributed by atoms with van der Waals surface area (Å²) in [6, 6.07) is 7.52. The maximum Gasteiger partial charge on any atom is 0.229 e. The molecule has 0 radical (unpaired) electrons. The van der Waals surface area contributed by atoms with E-state index in [1.807, 2.05) is 48.6 Å². The van der Waals surface area contributed by atoms with Gasteiger partial charge in [0.05, 0.1) is 44.2 Å². The number of methoxy groups -OCH3 is 1. The lowest BCUT2D eigenvalue weighted by Gasteiger charge is -2.43. The number of hydrogen-bond donors (Lipinski definition) is 2. The van der Waals surface area contributed by atoms with Crippen LogP contribution in [-0.2, 0) is 20.7 Å². The highest BCUT2D eigenvalue weighted by molar-refractivity contribution is 9.10. The molecule has 2 fully saturated rings. The van der Waals surface area contributed by atoms with E-state index in [9.17, 15) is 15.0 Å². The van der Waals surface area contributed by atoms with E-state index in [4.69, 9.17) is 14.2 Å². The average molecular weight is 569 g/mol. The molecular formula is C28H29BrN2O6. The standard InChI is InChI=1S/C28H29BrN2O6/c1-35-20-15-30-16-21-24(20)27(34)25(32)22(26(33)31-11-13-36-14-12-31)23(17-5-3-2-4-6-17)28(27,37-21)18-7-9-19(29)10-8-18/h2-5,7-10,15-17,22-23,25,32,34H,6,11-14H2,1H3/t17?,22-,23-,25-,27+,28+/m1/s1. The molecule has 2 aromatic rings. The second-order valence-electron chi connectivity index (χ2n) is 9.97. The first-order valence-corrected chi connectivity index (χ1v) is 13.3. The molecule has 9 heteroatoms. The number of allylic oxidation sites excluding steroid dienone is 4. The highest BCUT2D eigenvalue weighted by Crippen LogP contribution is 2.69. The summed E-state index contributed by atoms with van der Waals surface area (Å²) in [5.41, 5.74) is -2.46. The Kier molecular flexibility index (Phi) is 6.14. The van der Waals surface area contributed by atoms with Crippen LogP contribution >= 0.6 is 15.9 Å². The van der Waals surface area contributed by atoms with Crippen molar-refractivity contribution in [2.45, 2.75) is 23.7 Å². The van der Waals surface area contributed by atoms with Gasteiger partial charge in [-0.15, -0.1) is 0 Å². The van der Waals surface area contributed by atoms with Gasteiger partial charge in [-0.2, -0.15) is 0 Å². The van der Waals surface area contributed by atoms with Gasteiger partial charge in [-0.3, -0.25) is 9.78 Å². The number of aliphatic hydroxyl groups is 2. The number of hydrogen-bond acceptors (Lipinski definition) is 7. The average Bonchev–Trinajstić information content (AvgIpc) is 3.32. The number of morpholine rings is 1. The summed E-state index contributed by atoms with van der Waals surface area (Å²) in [4.78, 5) is 20.2. The lowest BCUT2D eigenvalue weighted by atomic mass is 9.67. The fourth-order valence-corrected chi connectivity index (χ4v) is 7.02. The summed E-state index contributed by atoms with van der Waals surface area (Å²) in [6.07, 6.45) is 10.2. The highest BCUT2D eigenvalue weighted by atomic mass is 79.9. The molecule has 8 nitrogen and oxygen atoms in total. The molecule has 2 aliphatic carbocycles. The van der Waals surface area contributed by atoms with Gasteiger partial charge in [-0.05, 0) is 30.0 Å². The van der Waals surface area contributed by atoms with Gasteiger partial charge in [0.25, 0.3) is 0 Å². The molecule has 2 aliphatic heterocycles. The summed E-state index contributed by atoms with van der Waals surface area (Å²) < 4.78 is 18.7. The third-order valence-corrected chi connectivity index (χ3v) is 8.82. The van der Waals surface area contributed by atoms with Gasteiger partial charge in [0.15, 0.2) is 11.2 Å². The Bertz CT molecular complexity index is 1260. The summed E-state index contributed by atoms with van der Waals surface area (Å²) in [5.74, 6) is -1.28. The Hall–Kier alpha value is -2.72. The number of halogens is 1. The number of amides is 1. The highest BCUT2D eigenvalue weighted by Gasteiger charge is 2.78. The van der Waals surface area contributed by atoms with Crippen LogP contribution in [0.5, 0.6) is 11.5 Å². The molecule has 1 aromatic carbocycles. The zero-order valence-corrected chi connectivity index (χ0v) is 22.0. The molecule has 6 rings (SSSR count). The predicted molar refractivity (Wildman–Crippen MR) is 138 cm³/mol. The monoisotopic (exact) mass is 568 g/mol. The second kappa shape index (κ2) is 9.23. The number of carbonyl (C=O) groups is 1. The number of benzene rings is 1. The molecule has 1 unspecified atom stereocenters. The lowest BCUT2D eigenvalue weighted by molar-refractivity contribution is -0.162. The molecule has 2 N–H and O–H groups in total. The number of carbonyl (C=O) groups excluding carboxylic acids is 1.